The molecule has 4 aromatic rings. The quantitative estimate of drug-likeness (QED) is 0.172. The molecule has 0 aliphatic heterocycles. The lowest BCUT2D eigenvalue weighted by Crippen LogP contribution is -2.30. The molecule has 0 spiro atoms. The highest BCUT2D eigenvalue weighted by atomic mass is 127. The Hall–Kier alpha value is -2.19. The number of carbonyl (C=O) groups is 1. The van der Waals surface area contributed by atoms with Crippen molar-refractivity contribution in [3.63, 3.8) is 0 Å². The van der Waals surface area contributed by atoms with Crippen LogP contribution in [0.2, 0.25) is 0 Å². The molecule has 4 rings (SSSR count). The fourth-order valence-electron chi connectivity index (χ4n) is 3.66. The van der Waals surface area contributed by atoms with Crippen molar-refractivity contribution in [1.29, 1.82) is 0 Å². The molecule has 0 aliphatic carbocycles. The highest BCUT2D eigenvalue weighted by Gasteiger charge is 2.25. The second-order valence-corrected chi connectivity index (χ2v) is 11.5. The van der Waals surface area contributed by atoms with Crippen LogP contribution in [0.3, 0.4) is 0 Å². The molecule has 0 fully saturated rings. The second kappa shape index (κ2) is 12.4. The van der Waals surface area contributed by atoms with Crippen molar-refractivity contribution in [1.82, 2.24) is 14.1 Å². The van der Waals surface area contributed by atoms with Crippen LogP contribution in [0.15, 0.2) is 77.3 Å². The molecule has 3 aromatic carbocycles. The van der Waals surface area contributed by atoms with Crippen LogP contribution in [-0.4, -0.2) is 30.0 Å². The molecular weight excluding hydrogens is 675 g/mol. The summed E-state index contributed by atoms with van der Waals surface area (Å²) in [5.74, 6) is -0.119. The molecule has 186 valence electrons. The van der Waals surface area contributed by atoms with Gasteiger partial charge in [-0.15, -0.1) is 0 Å². The van der Waals surface area contributed by atoms with Gasteiger partial charge in [-0.2, -0.15) is 8.75 Å². The Labute approximate surface area is 238 Å². The molecule has 2 unspecified atom stereocenters. The maximum atomic E-state index is 13.3. The van der Waals surface area contributed by atoms with Crippen molar-refractivity contribution in [3.05, 3.63) is 103 Å². The first kappa shape index (κ1) is 26.9. The summed E-state index contributed by atoms with van der Waals surface area (Å²) in [6.45, 7) is 2.41. The van der Waals surface area contributed by atoms with E-state index in [2.05, 4.69) is 52.6 Å². The first-order valence-electron chi connectivity index (χ1n) is 10.9. The number of anilines is 2. The van der Waals surface area contributed by atoms with Crippen LogP contribution >= 0.6 is 50.2 Å². The molecule has 1 amide bonds. The van der Waals surface area contributed by atoms with Crippen molar-refractivity contribution < 1.29 is 13.6 Å². The molecule has 7 nitrogen and oxygen atoms in total. The average molecular weight is 696 g/mol. The summed E-state index contributed by atoms with van der Waals surface area (Å²) >= 11 is 3.77. The molecule has 36 heavy (non-hydrogen) atoms. The molecule has 1 aromatic heterocycles. The Morgan fingerprint density at radius 1 is 1.14 bits per heavy atom. The summed E-state index contributed by atoms with van der Waals surface area (Å²) in [5.41, 5.74) is 3.03. The third-order valence-corrected chi connectivity index (χ3v) is 7.89. The Kier molecular flexibility index (Phi) is 9.23. The summed E-state index contributed by atoms with van der Waals surface area (Å²) in [7, 11) is 0. The van der Waals surface area contributed by atoms with E-state index in [1.807, 2.05) is 61.5 Å². The van der Waals surface area contributed by atoms with Gasteiger partial charge in [0.25, 0.3) is 5.91 Å². The number of benzene rings is 3. The van der Waals surface area contributed by atoms with Crippen LogP contribution in [0.25, 0.3) is 0 Å². The van der Waals surface area contributed by atoms with Crippen molar-refractivity contribution >= 4 is 78.9 Å². The van der Waals surface area contributed by atoms with Gasteiger partial charge in [0.05, 0.1) is 34.2 Å². The fraction of sp³-hybridized carbons (Fsp3) is 0.160. The number of amides is 1. The van der Waals surface area contributed by atoms with Gasteiger partial charge in [0.15, 0.2) is 5.82 Å². The normalized spacial score (nSPS) is 12.7. The summed E-state index contributed by atoms with van der Waals surface area (Å²) in [5, 5.41) is 2.95. The van der Waals surface area contributed by atoms with Gasteiger partial charge in [-0.1, -0.05) is 65.3 Å². The number of hydrogen-bond donors (Lipinski definition) is 1. The third kappa shape index (κ3) is 6.57. The molecule has 0 saturated carbocycles. The van der Waals surface area contributed by atoms with Gasteiger partial charge >= 0.3 is 0 Å². The summed E-state index contributed by atoms with van der Waals surface area (Å²) in [6.07, 6.45) is 0.413. The monoisotopic (exact) mass is 695 g/mol. The van der Waals surface area contributed by atoms with E-state index in [0.717, 1.165) is 35.2 Å². The van der Waals surface area contributed by atoms with Gasteiger partial charge < -0.3 is 9.87 Å². The predicted molar refractivity (Wildman–Crippen MR) is 154 cm³/mol. The van der Waals surface area contributed by atoms with Crippen molar-refractivity contribution in [2.24, 2.45) is 0 Å². The van der Waals surface area contributed by atoms with E-state index in [-0.39, 0.29) is 28.9 Å². The topological polar surface area (TPSA) is 98.2 Å². The standard InChI is InChI=1S/C25H22BrIN4O3S2/c1-16(18-8-5-9-19(26)13-18)15-28-25(32)21-11-10-20(27)14-23(21)31(36(33)34)24-22(29-35-30-24)12-17-6-3-2-4-7-17/h2-11,13-14,16H,12,15H2,1H3,(H,28,32)(H,33,34)/p-1. The molecule has 11 heteroatoms. The lowest BCUT2D eigenvalue weighted by Gasteiger charge is -2.27. The van der Waals surface area contributed by atoms with Crippen LogP contribution in [0.1, 0.15) is 40.0 Å². The summed E-state index contributed by atoms with van der Waals surface area (Å²) in [4.78, 5) is 13.3. The number of nitrogens with one attached hydrogen (secondary N) is 1. The van der Waals surface area contributed by atoms with E-state index in [4.69, 9.17) is 0 Å². The minimum atomic E-state index is -2.73. The van der Waals surface area contributed by atoms with E-state index in [1.54, 1.807) is 18.2 Å². The van der Waals surface area contributed by atoms with Crippen LogP contribution in [0.5, 0.6) is 0 Å². The van der Waals surface area contributed by atoms with Gasteiger partial charge in [0.1, 0.15) is 5.69 Å². The zero-order valence-electron chi connectivity index (χ0n) is 19.1. The maximum absolute atomic E-state index is 13.3. The highest BCUT2D eigenvalue weighted by molar-refractivity contribution is 14.1. The largest absolute Gasteiger partial charge is 0.755 e. The lowest BCUT2D eigenvalue weighted by molar-refractivity contribution is 0.0952. The third-order valence-electron chi connectivity index (χ3n) is 5.50. The van der Waals surface area contributed by atoms with Crippen LogP contribution < -0.4 is 9.62 Å². The molecule has 1 heterocycles. The first-order chi connectivity index (χ1) is 17.3. The minimum absolute atomic E-state index is 0.0590. The first-order valence-corrected chi connectivity index (χ1v) is 14.5. The van der Waals surface area contributed by atoms with Gasteiger partial charge in [-0.05, 0) is 70.0 Å². The Balaban J connectivity index is 1.62. The predicted octanol–water partition coefficient (Wildman–Crippen LogP) is 5.96. The van der Waals surface area contributed by atoms with Gasteiger partial charge in [0, 0.05) is 21.0 Å². The highest BCUT2D eigenvalue weighted by Crippen LogP contribution is 2.33. The Morgan fingerprint density at radius 3 is 2.64 bits per heavy atom. The molecule has 0 aliphatic rings. The van der Waals surface area contributed by atoms with Crippen LogP contribution in [-0.2, 0) is 17.7 Å². The van der Waals surface area contributed by atoms with E-state index >= 15 is 0 Å². The zero-order valence-corrected chi connectivity index (χ0v) is 24.4. The van der Waals surface area contributed by atoms with Gasteiger partial charge in [-0.25, -0.2) is 0 Å². The number of nitrogens with zero attached hydrogens (tertiary/aromatic N) is 3. The Morgan fingerprint density at radius 2 is 1.92 bits per heavy atom. The van der Waals surface area contributed by atoms with Crippen molar-refractivity contribution in [3.8, 4) is 0 Å². The van der Waals surface area contributed by atoms with E-state index < -0.39 is 11.3 Å². The number of hydrogen-bond acceptors (Lipinski definition) is 6. The molecule has 0 bridgehead atoms. The number of carbonyl (C=O) groups excluding carboxylic acids is 1. The van der Waals surface area contributed by atoms with Gasteiger partial charge in [-0.3, -0.25) is 13.3 Å². The molecular formula is C25H21BrIN4O3S2-. The SMILES string of the molecule is CC(CNC(=O)c1ccc(I)cc1N(c1nsnc1Cc1ccccc1)S(=O)[O-])c1cccc(Br)c1. The second-order valence-electron chi connectivity index (χ2n) is 8.04. The van der Waals surface area contributed by atoms with E-state index in [1.165, 1.54) is 0 Å². The fourth-order valence-corrected chi connectivity index (χ4v) is 5.75. The Bertz CT molecular complexity index is 1390. The van der Waals surface area contributed by atoms with Crippen molar-refractivity contribution in [2.75, 3.05) is 10.8 Å². The van der Waals surface area contributed by atoms with Gasteiger partial charge in [0.2, 0.25) is 0 Å². The average Bonchev–Trinajstić information content (AvgIpc) is 3.30. The lowest BCUT2D eigenvalue weighted by atomic mass is 10.0. The summed E-state index contributed by atoms with van der Waals surface area (Å²) in [6, 6.07) is 22.6. The van der Waals surface area contributed by atoms with Crippen LogP contribution in [0, 0.1) is 3.57 Å². The zero-order chi connectivity index (χ0) is 25.7. The smallest absolute Gasteiger partial charge is 0.253 e. The molecule has 1 N–H and O–H groups in total. The maximum Gasteiger partial charge on any atom is 0.253 e. The van der Waals surface area contributed by atoms with E-state index in [0.29, 0.717) is 18.7 Å². The summed E-state index contributed by atoms with van der Waals surface area (Å²) < 4.78 is 36.4. The molecule has 0 saturated heterocycles. The molecule has 0 radical (unpaired) electrons. The molecule has 2 atom stereocenters. The van der Waals surface area contributed by atoms with Crippen LogP contribution in [0.4, 0.5) is 11.5 Å². The number of halogens is 2. The minimum Gasteiger partial charge on any atom is -0.755 e. The number of aromatic nitrogens is 2. The van der Waals surface area contributed by atoms with Crippen molar-refractivity contribution in [2.45, 2.75) is 19.3 Å². The van der Waals surface area contributed by atoms with E-state index in [9.17, 15) is 13.6 Å². The number of rotatable bonds is 9.